The van der Waals surface area contributed by atoms with Crippen LogP contribution < -0.4 is 16.4 Å². The zero-order valence-corrected chi connectivity index (χ0v) is 12.5. The molecule has 0 aromatic heterocycles. The highest BCUT2D eigenvalue weighted by molar-refractivity contribution is 5.95. The van der Waals surface area contributed by atoms with Crippen LogP contribution in [-0.4, -0.2) is 59.5 Å². The van der Waals surface area contributed by atoms with Crippen LogP contribution in [0.3, 0.4) is 0 Å². The van der Waals surface area contributed by atoms with E-state index in [2.05, 4.69) is 10.6 Å². The third-order valence-electron chi connectivity index (χ3n) is 3.18. The number of nitrogens with two attached hydrogens (primary N) is 1. The molecule has 0 aliphatic carbocycles. The highest BCUT2D eigenvalue weighted by Gasteiger charge is 2.48. The third kappa shape index (κ3) is 5.08. The van der Waals surface area contributed by atoms with E-state index in [4.69, 9.17) is 15.6 Å². The number of hydrogen-bond acceptors (Lipinski definition) is 6. The lowest BCUT2D eigenvalue weighted by Crippen LogP contribution is -2.53. The second-order valence-corrected chi connectivity index (χ2v) is 5.13. The van der Waals surface area contributed by atoms with Crippen molar-refractivity contribution >= 4 is 23.6 Å². The first-order valence-electron chi connectivity index (χ1n) is 7.00. The van der Waals surface area contributed by atoms with E-state index in [1.165, 1.54) is 6.92 Å². The van der Waals surface area contributed by atoms with E-state index in [0.717, 1.165) is 0 Å². The second kappa shape index (κ2) is 7.85. The molecule has 1 fully saturated rings. The van der Waals surface area contributed by atoms with E-state index < -0.39 is 42.1 Å². The Morgan fingerprint density at radius 1 is 1.27 bits per heavy atom. The number of carbonyl (C=O) groups is 4. The maximum atomic E-state index is 11.7. The van der Waals surface area contributed by atoms with Crippen molar-refractivity contribution in [3.8, 4) is 0 Å². The number of ketones is 1. The van der Waals surface area contributed by atoms with Gasteiger partial charge in [-0.1, -0.05) is 13.3 Å². The molecule has 4 atom stereocenters. The lowest BCUT2D eigenvalue weighted by atomic mass is 10.1. The summed E-state index contributed by atoms with van der Waals surface area (Å²) in [5.74, 6) is -2.74. The molecule has 0 saturated carbocycles. The van der Waals surface area contributed by atoms with E-state index in [0.29, 0.717) is 12.8 Å². The highest BCUT2D eigenvalue weighted by atomic mass is 16.6. The molecule has 5 N–H and O–H groups in total. The summed E-state index contributed by atoms with van der Waals surface area (Å²) in [6.07, 6.45) is -0.532. The molecule has 9 nitrogen and oxygen atoms in total. The Bertz CT molecular complexity index is 467. The van der Waals surface area contributed by atoms with Crippen LogP contribution in [0, 0.1) is 0 Å². The summed E-state index contributed by atoms with van der Waals surface area (Å²) in [5, 5.41) is 13.6. The number of Topliss-reactive ketones (excluding diaryl/α,β-unsaturated/α-hetero) is 1. The first kappa shape index (κ1) is 18.1. The highest BCUT2D eigenvalue weighted by Crippen LogP contribution is 2.22. The summed E-state index contributed by atoms with van der Waals surface area (Å²) in [6, 6.07) is -2.09. The van der Waals surface area contributed by atoms with Crippen molar-refractivity contribution in [3.05, 3.63) is 0 Å². The van der Waals surface area contributed by atoms with Crippen LogP contribution in [0.25, 0.3) is 0 Å². The quantitative estimate of drug-likeness (QED) is 0.365. The maximum absolute atomic E-state index is 11.7. The summed E-state index contributed by atoms with van der Waals surface area (Å²) >= 11 is 0. The largest absolute Gasteiger partial charge is 0.480 e. The third-order valence-corrected chi connectivity index (χ3v) is 3.18. The van der Waals surface area contributed by atoms with Crippen LogP contribution in [0.4, 0.5) is 0 Å². The average molecular weight is 315 g/mol. The van der Waals surface area contributed by atoms with Crippen molar-refractivity contribution in [1.82, 2.24) is 10.6 Å². The topological polar surface area (TPSA) is 151 Å². The van der Waals surface area contributed by atoms with Gasteiger partial charge in [0.25, 0.3) is 5.91 Å². The smallest absolute Gasteiger partial charge is 0.328 e. The van der Waals surface area contributed by atoms with Crippen molar-refractivity contribution in [3.63, 3.8) is 0 Å². The zero-order chi connectivity index (χ0) is 16.9. The van der Waals surface area contributed by atoms with E-state index in [1.807, 2.05) is 6.92 Å². The molecule has 0 radical (unpaired) electrons. The number of carbonyl (C=O) groups excluding carboxylic acids is 3. The molecule has 1 saturated heterocycles. The molecule has 1 aliphatic heterocycles. The molecule has 1 rings (SSSR count). The van der Waals surface area contributed by atoms with E-state index in [9.17, 15) is 19.2 Å². The molecule has 1 aliphatic rings. The number of ether oxygens (including phenoxy) is 1. The molecule has 2 amide bonds. The van der Waals surface area contributed by atoms with E-state index in [-0.39, 0.29) is 12.3 Å². The fraction of sp³-hybridized carbons (Fsp3) is 0.692. The molecule has 22 heavy (non-hydrogen) atoms. The number of aliphatic carboxylic acids is 1. The average Bonchev–Trinajstić information content (AvgIpc) is 3.23. The zero-order valence-electron chi connectivity index (χ0n) is 12.5. The Kier molecular flexibility index (Phi) is 6.44. The predicted molar refractivity (Wildman–Crippen MR) is 74.8 cm³/mol. The van der Waals surface area contributed by atoms with Gasteiger partial charge < -0.3 is 26.2 Å². The fourth-order valence-corrected chi connectivity index (χ4v) is 1.85. The minimum atomic E-state index is -1.30. The first-order chi connectivity index (χ1) is 10.3. The molecular weight excluding hydrogens is 294 g/mol. The molecule has 4 unspecified atom stereocenters. The van der Waals surface area contributed by atoms with Gasteiger partial charge in [-0.05, 0) is 13.3 Å². The lowest BCUT2D eigenvalue weighted by molar-refractivity contribution is -0.142. The van der Waals surface area contributed by atoms with Gasteiger partial charge in [0.2, 0.25) is 5.91 Å². The standard InChI is InChI=1S/C13H21N3O6/c1-3-4-7(14)11(18)16-8(13(20)21)5-15-12(19)10-9(22-10)6(2)17/h7-10H,3-5,14H2,1-2H3,(H,15,19)(H,16,18)(H,20,21). The Morgan fingerprint density at radius 2 is 1.91 bits per heavy atom. The summed E-state index contributed by atoms with van der Waals surface area (Å²) in [4.78, 5) is 45.4. The number of amides is 2. The van der Waals surface area contributed by atoms with Gasteiger partial charge in [0.1, 0.15) is 6.04 Å². The van der Waals surface area contributed by atoms with E-state index in [1.54, 1.807) is 0 Å². The molecule has 9 heteroatoms. The van der Waals surface area contributed by atoms with Crippen molar-refractivity contribution in [1.29, 1.82) is 0 Å². The molecule has 0 aromatic rings. The van der Waals surface area contributed by atoms with Gasteiger partial charge in [0.15, 0.2) is 18.0 Å². The number of rotatable bonds is 9. The summed E-state index contributed by atoms with van der Waals surface area (Å²) in [6.45, 7) is 2.83. The first-order valence-corrected chi connectivity index (χ1v) is 7.00. The van der Waals surface area contributed by atoms with Crippen LogP contribution in [0.5, 0.6) is 0 Å². The second-order valence-electron chi connectivity index (χ2n) is 5.13. The number of nitrogens with one attached hydrogen (secondary N) is 2. The normalized spacial score (nSPS) is 22.3. The Hall–Kier alpha value is -2.00. The van der Waals surface area contributed by atoms with E-state index >= 15 is 0 Å². The van der Waals surface area contributed by atoms with Crippen molar-refractivity contribution in [2.24, 2.45) is 5.73 Å². The summed E-state index contributed by atoms with van der Waals surface area (Å²) in [7, 11) is 0. The van der Waals surface area contributed by atoms with Crippen LogP contribution in [0.15, 0.2) is 0 Å². The fourth-order valence-electron chi connectivity index (χ4n) is 1.85. The Morgan fingerprint density at radius 3 is 2.36 bits per heavy atom. The van der Waals surface area contributed by atoms with Gasteiger partial charge >= 0.3 is 5.97 Å². The monoisotopic (exact) mass is 315 g/mol. The molecule has 0 spiro atoms. The molecule has 0 bridgehead atoms. The summed E-state index contributed by atoms with van der Waals surface area (Å²) < 4.78 is 4.87. The minimum absolute atomic E-state index is 0.270. The molecule has 0 aromatic carbocycles. The minimum Gasteiger partial charge on any atom is -0.480 e. The number of epoxide rings is 1. The van der Waals surface area contributed by atoms with Gasteiger partial charge in [-0.2, -0.15) is 0 Å². The number of hydrogen-bond donors (Lipinski definition) is 4. The SMILES string of the molecule is CCCC(N)C(=O)NC(CNC(=O)C1OC1C(C)=O)C(=O)O. The van der Waals surface area contributed by atoms with Crippen molar-refractivity contribution in [2.75, 3.05) is 6.54 Å². The predicted octanol–water partition coefficient (Wildman–Crippen LogP) is -1.84. The summed E-state index contributed by atoms with van der Waals surface area (Å²) in [5.41, 5.74) is 5.59. The molecule has 1 heterocycles. The van der Waals surface area contributed by atoms with Gasteiger partial charge in [0.05, 0.1) is 6.04 Å². The van der Waals surface area contributed by atoms with Gasteiger partial charge in [-0.15, -0.1) is 0 Å². The number of carboxylic acids is 1. The van der Waals surface area contributed by atoms with Crippen LogP contribution >= 0.6 is 0 Å². The lowest BCUT2D eigenvalue weighted by Gasteiger charge is -2.17. The maximum Gasteiger partial charge on any atom is 0.328 e. The molecule has 124 valence electrons. The Balaban J connectivity index is 2.45. The van der Waals surface area contributed by atoms with Crippen LogP contribution in [0.1, 0.15) is 26.7 Å². The number of carboxylic acid groups (broad SMARTS) is 1. The molecular formula is C13H21N3O6. The van der Waals surface area contributed by atoms with Gasteiger partial charge in [0, 0.05) is 6.54 Å². The van der Waals surface area contributed by atoms with Gasteiger partial charge in [-0.3, -0.25) is 14.4 Å². The van der Waals surface area contributed by atoms with Crippen LogP contribution in [0.2, 0.25) is 0 Å². The Labute approximate surface area is 127 Å². The van der Waals surface area contributed by atoms with Gasteiger partial charge in [-0.25, -0.2) is 4.79 Å². The van der Waals surface area contributed by atoms with Crippen molar-refractivity contribution < 1.29 is 29.0 Å². The van der Waals surface area contributed by atoms with Crippen LogP contribution in [-0.2, 0) is 23.9 Å². The van der Waals surface area contributed by atoms with Crippen molar-refractivity contribution in [2.45, 2.75) is 51.0 Å².